The number of nitrogens with one attached hydrogen (secondary N) is 2. The Balaban J connectivity index is 1.53. The summed E-state index contributed by atoms with van der Waals surface area (Å²) in [4.78, 5) is 22.1. The lowest BCUT2D eigenvalue weighted by atomic mass is 10.1. The molecule has 0 saturated carbocycles. The minimum Gasteiger partial charge on any atom is -0.352 e. The average Bonchev–Trinajstić information content (AvgIpc) is 3.01. The Morgan fingerprint density at radius 3 is 2.56 bits per heavy atom. The van der Waals surface area contributed by atoms with Gasteiger partial charge in [-0.15, -0.1) is 0 Å². The van der Waals surface area contributed by atoms with Gasteiger partial charge in [-0.3, -0.25) is 4.79 Å². The number of hydrogen-bond acceptors (Lipinski definition) is 3. The second kappa shape index (κ2) is 7.94. The summed E-state index contributed by atoms with van der Waals surface area (Å²) in [6.45, 7) is 1.42. The molecule has 0 unspecified atom stereocenters. The van der Waals surface area contributed by atoms with Crippen LogP contribution < -0.4 is 5.32 Å². The standard InChI is InChI=1S/C20H24N4O/c1-24(2)14-16-8-4-3-7-15(16)13-21-20(25)12-11-19-22-17-9-5-6-10-18(17)23-19/h3-10H,11-14H2,1-2H3,(H,21,25)(H,22,23). The number of para-hydroxylation sites is 2. The Hall–Kier alpha value is -2.66. The van der Waals surface area contributed by atoms with Gasteiger partial charge in [-0.2, -0.15) is 0 Å². The smallest absolute Gasteiger partial charge is 0.220 e. The number of rotatable bonds is 7. The molecule has 0 bridgehead atoms. The molecule has 0 fully saturated rings. The van der Waals surface area contributed by atoms with Crippen molar-refractivity contribution in [3.63, 3.8) is 0 Å². The van der Waals surface area contributed by atoms with Gasteiger partial charge >= 0.3 is 0 Å². The Bertz CT molecular complexity index is 821. The van der Waals surface area contributed by atoms with E-state index in [9.17, 15) is 4.79 Å². The molecule has 0 aliphatic carbocycles. The molecule has 1 heterocycles. The molecule has 5 heteroatoms. The molecule has 3 rings (SSSR count). The Morgan fingerprint density at radius 2 is 1.80 bits per heavy atom. The van der Waals surface area contributed by atoms with Crippen molar-refractivity contribution in [2.45, 2.75) is 25.9 Å². The lowest BCUT2D eigenvalue weighted by Crippen LogP contribution is -2.24. The summed E-state index contributed by atoms with van der Waals surface area (Å²) in [6.07, 6.45) is 1.04. The second-order valence-corrected chi connectivity index (χ2v) is 6.48. The first-order valence-electron chi connectivity index (χ1n) is 8.53. The average molecular weight is 336 g/mol. The Morgan fingerprint density at radius 1 is 1.08 bits per heavy atom. The van der Waals surface area contributed by atoms with Crippen molar-refractivity contribution >= 4 is 16.9 Å². The lowest BCUT2D eigenvalue weighted by molar-refractivity contribution is -0.121. The summed E-state index contributed by atoms with van der Waals surface area (Å²) >= 11 is 0. The van der Waals surface area contributed by atoms with Crippen molar-refractivity contribution in [3.8, 4) is 0 Å². The van der Waals surface area contributed by atoms with Crippen LogP contribution in [-0.4, -0.2) is 34.9 Å². The monoisotopic (exact) mass is 336 g/mol. The van der Waals surface area contributed by atoms with Crippen LogP contribution in [-0.2, 0) is 24.3 Å². The number of aromatic nitrogens is 2. The minimum atomic E-state index is 0.0418. The highest BCUT2D eigenvalue weighted by Crippen LogP contribution is 2.12. The van der Waals surface area contributed by atoms with Gasteiger partial charge < -0.3 is 15.2 Å². The van der Waals surface area contributed by atoms with Gasteiger partial charge in [0.25, 0.3) is 0 Å². The predicted octanol–water partition coefficient (Wildman–Crippen LogP) is 2.87. The molecule has 130 valence electrons. The zero-order valence-corrected chi connectivity index (χ0v) is 14.7. The summed E-state index contributed by atoms with van der Waals surface area (Å²) < 4.78 is 0. The summed E-state index contributed by atoms with van der Waals surface area (Å²) in [6, 6.07) is 16.1. The van der Waals surface area contributed by atoms with Crippen LogP contribution in [0.2, 0.25) is 0 Å². The quantitative estimate of drug-likeness (QED) is 0.697. The highest BCUT2D eigenvalue weighted by atomic mass is 16.1. The molecule has 25 heavy (non-hydrogen) atoms. The van der Waals surface area contributed by atoms with Gasteiger partial charge in [-0.05, 0) is 37.4 Å². The van der Waals surface area contributed by atoms with Crippen LogP contribution in [0, 0.1) is 0 Å². The number of aryl methyl sites for hydroxylation is 1. The van der Waals surface area contributed by atoms with Crippen LogP contribution in [0.5, 0.6) is 0 Å². The molecular weight excluding hydrogens is 312 g/mol. The SMILES string of the molecule is CN(C)Cc1ccccc1CNC(=O)CCc1nc2ccccc2[nH]1. The predicted molar refractivity (Wildman–Crippen MR) is 100 cm³/mol. The van der Waals surface area contributed by atoms with Crippen molar-refractivity contribution in [3.05, 3.63) is 65.5 Å². The van der Waals surface area contributed by atoms with E-state index in [0.29, 0.717) is 19.4 Å². The van der Waals surface area contributed by atoms with Crippen LogP contribution >= 0.6 is 0 Å². The van der Waals surface area contributed by atoms with E-state index in [1.807, 2.05) is 50.5 Å². The van der Waals surface area contributed by atoms with Gasteiger partial charge in [0, 0.05) is 25.9 Å². The fraction of sp³-hybridized carbons (Fsp3) is 0.300. The van der Waals surface area contributed by atoms with Gasteiger partial charge in [0.2, 0.25) is 5.91 Å². The summed E-state index contributed by atoms with van der Waals surface area (Å²) in [5.41, 5.74) is 4.35. The van der Waals surface area contributed by atoms with Gasteiger partial charge in [0.15, 0.2) is 0 Å². The van der Waals surface area contributed by atoms with E-state index >= 15 is 0 Å². The van der Waals surface area contributed by atoms with Gasteiger partial charge in [-0.1, -0.05) is 36.4 Å². The molecule has 1 aromatic heterocycles. The van der Waals surface area contributed by atoms with Crippen LogP contribution in [0.3, 0.4) is 0 Å². The van der Waals surface area contributed by atoms with Crippen LogP contribution in [0.25, 0.3) is 11.0 Å². The summed E-state index contributed by atoms with van der Waals surface area (Å²) in [7, 11) is 4.09. The molecule has 1 amide bonds. The van der Waals surface area contributed by atoms with Crippen molar-refractivity contribution < 1.29 is 4.79 Å². The van der Waals surface area contributed by atoms with Crippen molar-refractivity contribution in [2.24, 2.45) is 0 Å². The molecular formula is C20H24N4O. The maximum Gasteiger partial charge on any atom is 0.220 e. The number of imidazole rings is 1. The second-order valence-electron chi connectivity index (χ2n) is 6.48. The highest BCUT2D eigenvalue weighted by molar-refractivity contribution is 5.77. The number of fused-ring (bicyclic) bond motifs is 1. The van der Waals surface area contributed by atoms with E-state index in [0.717, 1.165) is 29.0 Å². The third-order valence-corrected chi connectivity index (χ3v) is 4.11. The topological polar surface area (TPSA) is 61.0 Å². The van der Waals surface area contributed by atoms with Crippen LogP contribution in [0.15, 0.2) is 48.5 Å². The number of benzene rings is 2. The largest absolute Gasteiger partial charge is 0.352 e. The molecule has 2 aromatic carbocycles. The van der Waals surface area contributed by atoms with Crippen molar-refractivity contribution in [1.82, 2.24) is 20.2 Å². The van der Waals surface area contributed by atoms with E-state index in [-0.39, 0.29) is 5.91 Å². The number of hydrogen-bond donors (Lipinski definition) is 2. The fourth-order valence-electron chi connectivity index (χ4n) is 2.86. The first kappa shape index (κ1) is 17.2. The van der Waals surface area contributed by atoms with Crippen LogP contribution in [0.1, 0.15) is 23.4 Å². The molecule has 0 atom stereocenters. The maximum absolute atomic E-state index is 12.2. The van der Waals surface area contributed by atoms with Gasteiger partial charge in [0.1, 0.15) is 5.82 Å². The molecule has 0 spiro atoms. The number of H-pyrrole nitrogens is 1. The van der Waals surface area contributed by atoms with Gasteiger partial charge in [0.05, 0.1) is 11.0 Å². The number of carbonyl (C=O) groups excluding carboxylic acids is 1. The third-order valence-electron chi connectivity index (χ3n) is 4.11. The number of amides is 1. The molecule has 2 N–H and O–H groups in total. The molecule has 0 radical (unpaired) electrons. The van der Waals surface area contributed by atoms with Crippen molar-refractivity contribution in [1.29, 1.82) is 0 Å². The highest BCUT2D eigenvalue weighted by Gasteiger charge is 2.08. The normalized spacial score (nSPS) is 11.2. The Kier molecular flexibility index (Phi) is 5.46. The molecule has 0 saturated heterocycles. The zero-order valence-electron chi connectivity index (χ0n) is 14.7. The number of nitrogens with zero attached hydrogens (tertiary/aromatic N) is 2. The first-order chi connectivity index (χ1) is 12.1. The zero-order chi connectivity index (χ0) is 17.6. The summed E-state index contributed by atoms with van der Waals surface area (Å²) in [5.74, 6) is 0.893. The Labute approximate surface area is 148 Å². The number of aromatic amines is 1. The van der Waals surface area contributed by atoms with E-state index in [2.05, 4.69) is 32.3 Å². The third kappa shape index (κ3) is 4.67. The van der Waals surface area contributed by atoms with Crippen LogP contribution in [0.4, 0.5) is 0 Å². The van der Waals surface area contributed by atoms with Gasteiger partial charge in [-0.25, -0.2) is 4.98 Å². The fourth-order valence-corrected chi connectivity index (χ4v) is 2.86. The number of carbonyl (C=O) groups is 1. The molecule has 3 aromatic rings. The lowest BCUT2D eigenvalue weighted by Gasteiger charge is -2.14. The van der Waals surface area contributed by atoms with E-state index in [1.54, 1.807) is 0 Å². The van der Waals surface area contributed by atoms with E-state index < -0.39 is 0 Å². The van der Waals surface area contributed by atoms with E-state index in [1.165, 1.54) is 5.56 Å². The first-order valence-corrected chi connectivity index (χ1v) is 8.53. The summed E-state index contributed by atoms with van der Waals surface area (Å²) in [5, 5.41) is 3.02. The minimum absolute atomic E-state index is 0.0418. The van der Waals surface area contributed by atoms with Crippen molar-refractivity contribution in [2.75, 3.05) is 14.1 Å². The molecule has 0 aliphatic heterocycles. The van der Waals surface area contributed by atoms with E-state index in [4.69, 9.17) is 0 Å². The maximum atomic E-state index is 12.2. The molecule has 0 aliphatic rings. The molecule has 5 nitrogen and oxygen atoms in total.